The summed E-state index contributed by atoms with van der Waals surface area (Å²) in [4.78, 5) is 28.4. The molecule has 1 aliphatic carbocycles. The Morgan fingerprint density at radius 1 is 0.651 bits per heavy atom. The van der Waals surface area contributed by atoms with Gasteiger partial charge in [0.1, 0.15) is 0 Å². The standard InChI is InChI=1S/C6H10O2.C6H12O2.C5H12.3C2H6.4CH5N.CH2O2.3CH4.H3N.H2O/c7-6(8)5-3-1-2-4-5;1-2-3-4-5-6(7)8;1-3-5-4-2;7*1-2;2-1-3;;;;;/h5H,1-4H2,(H,7,8);2-5H2,1H3,(H,7,8);3-5H2,1-2H3;3*1-2H3;4*2H2,1H3;1H,(H,2,3);3*1H4;1H3;1H2. The molecule has 12 nitrogen and oxygen atoms in total. The van der Waals surface area contributed by atoms with Gasteiger partial charge in [-0.05, 0) is 47.5 Å². The Balaban J connectivity index is -0.0000000163. The SMILES string of the molecule is C.C.C.CC.CC.CC.CCCCC.CCCCCC(=O)O.CN.CN.CN.CN.N.O.O=C(O)C1CCCC1.O=CO. The molecule has 1 fully saturated rings. The van der Waals surface area contributed by atoms with E-state index in [4.69, 9.17) is 20.1 Å². The van der Waals surface area contributed by atoms with E-state index in [1.165, 1.54) is 47.5 Å². The van der Waals surface area contributed by atoms with Crippen LogP contribution >= 0.6 is 0 Å². The van der Waals surface area contributed by atoms with Crippen molar-refractivity contribution in [2.45, 2.75) is 155 Å². The monoisotopic (exact) mass is 646 g/mol. The van der Waals surface area contributed by atoms with Crippen molar-refractivity contribution >= 4 is 18.4 Å². The van der Waals surface area contributed by atoms with Gasteiger partial charge in [0.05, 0.1) is 5.92 Å². The second kappa shape index (κ2) is 168. The van der Waals surface area contributed by atoms with Crippen molar-refractivity contribution in [3.8, 4) is 0 Å². The summed E-state index contributed by atoms with van der Waals surface area (Å²) in [7, 11) is 6.00. The third kappa shape index (κ3) is 224. The molecule has 12 heteroatoms. The zero-order valence-electron chi connectivity index (χ0n) is 29.0. The highest BCUT2D eigenvalue weighted by molar-refractivity contribution is 5.70. The van der Waals surface area contributed by atoms with Crippen LogP contribution < -0.4 is 29.1 Å². The summed E-state index contributed by atoms with van der Waals surface area (Å²) in [5.41, 5.74) is 18.0. The maximum Gasteiger partial charge on any atom is 0.306 e. The van der Waals surface area contributed by atoms with Gasteiger partial charge in [-0.15, -0.1) is 0 Å². The number of nitrogens with two attached hydrogens (primary N) is 4. The van der Waals surface area contributed by atoms with Gasteiger partial charge in [-0.3, -0.25) is 14.4 Å². The van der Waals surface area contributed by atoms with E-state index in [2.05, 4.69) is 43.7 Å². The Bertz CT molecular complexity index is 312. The summed E-state index contributed by atoms with van der Waals surface area (Å²) >= 11 is 0. The lowest BCUT2D eigenvalue weighted by atomic mass is 10.1. The molecular formula is C31H91N5O7. The summed E-state index contributed by atoms with van der Waals surface area (Å²) in [6.07, 6.45) is 11.4. The van der Waals surface area contributed by atoms with Crippen molar-refractivity contribution in [1.82, 2.24) is 6.15 Å². The van der Waals surface area contributed by atoms with Crippen molar-refractivity contribution in [1.29, 1.82) is 0 Å². The molecule has 16 N–H and O–H groups in total. The number of carboxylic acids is 2. The number of carboxylic acid groups (broad SMARTS) is 3. The van der Waals surface area contributed by atoms with E-state index in [-0.39, 0.29) is 46.3 Å². The minimum atomic E-state index is -0.682. The molecule has 0 aromatic rings. The lowest BCUT2D eigenvalue weighted by Crippen LogP contribution is -2.07. The van der Waals surface area contributed by atoms with Crippen LogP contribution in [-0.4, -0.2) is 67.4 Å². The lowest BCUT2D eigenvalue weighted by molar-refractivity contribution is -0.141. The fraction of sp³-hybridized carbons (Fsp3) is 0.903. The highest BCUT2D eigenvalue weighted by Crippen LogP contribution is 2.24. The maximum absolute atomic E-state index is 10.2. The van der Waals surface area contributed by atoms with Crippen LogP contribution in [0, 0.1) is 5.92 Å². The molecule has 1 saturated carbocycles. The molecule has 0 aromatic carbocycles. The first-order chi connectivity index (χ1) is 18.4. The first kappa shape index (κ1) is 97.0. The van der Waals surface area contributed by atoms with Gasteiger partial charge in [0.2, 0.25) is 0 Å². The van der Waals surface area contributed by atoms with Crippen molar-refractivity contribution in [2.24, 2.45) is 28.9 Å². The second-order valence-electron chi connectivity index (χ2n) is 5.63. The Hall–Kier alpha value is -1.83. The van der Waals surface area contributed by atoms with Gasteiger partial charge < -0.3 is 49.9 Å². The number of aliphatic carboxylic acids is 2. The highest BCUT2D eigenvalue weighted by atomic mass is 16.4. The van der Waals surface area contributed by atoms with Gasteiger partial charge in [-0.2, -0.15) is 0 Å². The first-order valence-electron chi connectivity index (χ1n) is 14.2. The molecule has 1 aliphatic rings. The van der Waals surface area contributed by atoms with E-state index in [1.807, 2.05) is 41.5 Å². The van der Waals surface area contributed by atoms with Gasteiger partial charge in [0.15, 0.2) is 0 Å². The van der Waals surface area contributed by atoms with Gasteiger partial charge >= 0.3 is 11.9 Å². The Morgan fingerprint density at radius 2 is 0.884 bits per heavy atom. The number of carbonyl (C=O) groups is 3. The third-order valence-electron chi connectivity index (χ3n) is 3.41. The molecule has 0 atom stereocenters. The maximum atomic E-state index is 10.2. The molecule has 282 valence electrons. The van der Waals surface area contributed by atoms with E-state index < -0.39 is 11.9 Å². The number of unbranched alkanes of at least 4 members (excludes halogenated alkanes) is 4. The zero-order valence-corrected chi connectivity index (χ0v) is 29.0. The van der Waals surface area contributed by atoms with Crippen molar-refractivity contribution < 1.29 is 35.2 Å². The third-order valence-corrected chi connectivity index (χ3v) is 3.41. The van der Waals surface area contributed by atoms with Crippen LogP contribution in [0.3, 0.4) is 0 Å². The quantitative estimate of drug-likeness (QED) is 0.0993. The zero-order chi connectivity index (χ0) is 33.2. The molecule has 0 aliphatic heterocycles. The number of hydrogen-bond acceptors (Lipinski definition) is 8. The van der Waals surface area contributed by atoms with Crippen molar-refractivity contribution in [2.75, 3.05) is 28.2 Å². The molecule has 0 saturated heterocycles. The van der Waals surface area contributed by atoms with Crippen LogP contribution in [0.2, 0.25) is 0 Å². The average Bonchev–Trinajstić information content (AvgIpc) is 3.54. The molecular weight excluding hydrogens is 554 g/mol. The lowest BCUT2D eigenvalue weighted by Gasteiger charge is -1.97. The minimum Gasteiger partial charge on any atom is -0.483 e. The van der Waals surface area contributed by atoms with Crippen molar-refractivity contribution in [3.05, 3.63) is 0 Å². The predicted octanol–water partition coefficient (Wildman–Crippen LogP) is 7.43. The fourth-order valence-electron chi connectivity index (χ4n) is 2.05. The topological polar surface area (TPSA) is 282 Å². The van der Waals surface area contributed by atoms with E-state index in [1.54, 1.807) is 0 Å². The van der Waals surface area contributed by atoms with Crippen LogP contribution in [-0.2, 0) is 14.4 Å². The molecule has 0 spiro atoms. The smallest absolute Gasteiger partial charge is 0.306 e. The van der Waals surface area contributed by atoms with Gasteiger partial charge in [0.25, 0.3) is 6.47 Å². The number of hydrogen-bond donors (Lipinski definition) is 8. The van der Waals surface area contributed by atoms with Gasteiger partial charge in [0, 0.05) is 6.42 Å². The van der Waals surface area contributed by atoms with E-state index in [0.717, 1.165) is 44.9 Å². The van der Waals surface area contributed by atoms with Crippen LogP contribution in [0.15, 0.2) is 0 Å². The van der Waals surface area contributed by atoms with E-state index in [0.29, 0.717) is 6.42 Å². The largest absolute Gasteiger partial charge is 0.483 e. The van der Waals surface area contributed by atoms with Gasteiger partial charge in [-0.1, -0.05) is 130 Å². The Kier molecular flexibility index (Phi) is 378. The Morgan fingerprint density at radius 3 is 1.00 bits per heavy atom. The minimum absolute atomic E-state index is 0. The summed E-state index contributed by atoms with van der Waals surface area (Å²) in [6.45, 7) is 18.2. The summed E-state index contributed by atoms with van der Waals surface area (Å²) in [6, 6.07) is 0. The highest BCUT2D eigenvalue weighted by Gasteiger charge is 2.21. The molecule has 0 aromatic heterocycles. The van der Waals surface area contributed by atoms with Crippen LogP contribution in [0.25, 0.3) is 0 Å². The summed E-state index contributed by atoms with van der Waals surface area (Å²) < 4.78 is 0. The Labute approximate surface area is 272 Å². The predicted molar refractivity (Wildman–Crippen MR) is 199 cm³/mol. The molecule has 0 amide bonds. The molecule has 0 bridgehead atoms. The second-order valence-corrected chi connectivity index (χ2v) is 5.63. The summed E-state index contributed by atoms with van der Waals surface area (Å²) in [5, 5.41) is 23.4. The summed E-state index contributed by atoms with van der Waals surface area (Å²) in [5.74, 6) is -1.31. The average molecular weight is 646 g/mol. The fourth-order valence-corrected chi connectivity index (χ4v) is 2.05. The van der Waals surface area contributed by atoms with Gasteiger partial charge in [-0.25, -0.2) is 0 Å². The first-order valence-corrected chi connectivity index (χ1v) is 14.2. The van der Waals surface area contributed by atoms with E-state index in [9.17, 15) is 9.59 Å². The van der Waals surface area contributed by atoms with Crippen LogP contribution in [0.1, 0.15) is 155 Å². The molecule has 0 radical (unpaired) electrons. The number of rotatable bonds is 7. The molecule has 0 unspecified atom stereocenters. The molecule has 1 rings (SSSR count). The van der Waals surface area contributed by atoms with Crippen molar-refractivity contribution in [3.63, 3.8) is 0 Å². The molecule has 0 heterocycles. The van der Waals surface area contributed by atoms with Crippen LogP contribution in [0.4, 0.5) is 0 Å². The normalized spacial score (nSPS) is 7.93. The van der Waals surface area contributed by atoms with E-state index >= 15 is 0 Å². The van der Waals surface area contributed by atoms with Crippen LogP contribution in [0.5, 0.6) is 0 Å². The molecule has 43 heavy (non-hydrogen) atoms.